The summed E-state index contributed by atoms with van der Waals surface area (Å²) < 4.78 is 0. The number of anilines is 1. The van der Waals surface area contributed by atoms with Gasteiger partial charge >= 0.3 is 0 Å². The van der Waals surface area contributed by atoms with Gasteiger partial charge in [0.1, 0.15) is 0 Å². The Balaban J connectivity index is 1.78. The van der Waals surface area contributed by atoms with Gasteiger partial charge in [0.25, 0.3) is 5.91 Å². The monoisotopic (exact) mass is 359 g/mol. The normalized spacial score (nSPS) is 19.4. The van der Waals surface area contributed by atoms with Crippen molar-refractivity contribution in [2.45, 2.75) is 32.1 Å². The topological polar surface area (TPSA) is 71.1 Å². The van der Waals surface area contributed by atoms with Gasteiger partial charge in [-0.2, -0.15) is 0 Å². The molecule has 0 saturated carbocycles. The number of hydrogen-bond donors (Lipinski definition) is 2. The molecular weight excluding hydrogens is 338 g/mol. The van der Waals surface area contributed by atoms with Crippen LogP contribution in [0.15, 0.2) is 77.4 Å². The van der Waals surface area contributed by atoms with Crippen molar-refractivity contribution >= 4 is 17.4 Å². The summed E-state index contributed by atoms with van der Waals surface area (Å²) in [5.41, 5.74) is 4.64. The van der Waals surface area contributed by atoms with E-state index in [9.17, 15) is 9.59 Å². The lowest BCUT2D eigenvalue weighted by molar-refractivity contribution is -0.116. The Morgan fingerprint density at radius 2 is 1.96 bits per heavy atom. The fourth-order valence-corrected chi connectivity index (χ4v) is 3.90. The number of aromatic nitrogens is 1. The molecule has 1 atom stereocenters. The van der Waals surface area contributed by atoms with Gasteiger partial charge < -0.3 is 10.6 Å². The number of pyridine rings is 1. The molecule has 27 heavy (non-hydrogen) atoms. The van der Waals surface area contributed by atoms with E-state index in [1.54, 1.807) is 24.5 Å². The standard InChI is InChI=1S/C22H21N3O2/c1-14-19(22(27)25-16-9-6-12-23-13-16)20(15-7-3-2-4-8-15)21-17(24-14)10-5-11-18(21)26/h2-4,6-9,12-13,20,24H,5,10-11H2,1H3,(H,25,27). The number of allylic oxidation sites excluding steroid dienone is 3. The molecule has 0 saturated heterocycles. The molecule has 0 fully saturated rings. The van der Waals surface area contributed by atoms with E-state index in [2.05, 4.69) is 15.6 Å². The zero-order valence-electron chi connectivity index (χ0n) is 15.2. The minimum Gasteiger partial charge on any atom is -0.362 e. The zero-order valence-corrected chi connectivity index (χ0v) is 15.2. The molecule has 0 bridgehead atoms. The van der Waals surface area contributed by atoms with E-state index in [1.807, 2.05) is 37.3 Å². The Labute approximate surface area is 158 Å². The van der Waals surface area contributed by atoms with Crippen molar-refractivity contribution in [2.24, 2.45) is 0 Å². The molecule has 2 aliphatic rings. The summed E-state index contributed by atoms with van der Waals surface area (Å²) in [5.74, 6) is -0.449. The molecule has 1 aliphatic carbocycles. The van der Waals surface area contributed by atoms with Gasteiger partial charge in [-0.25, -0.2) is 0 Å². The third kappa shape index (κ3) is 3.28. The molecule has 1 aromatic carbocycles. The molecule has 5 heteroatoms. The maximum Gasteiger partial charge on any atom is 0.254 e. The van der Waals surface area contributed by atoms with Crippen LogP contribution in [0.25, 0.3) is 0 Å². The van der Waals surface area contributed by atoms with E-state index >= 15 is 0 Å². The van der Waals surface area contributed by atoms with Crippen molar-refractivity contribution in [3.8, 4) is 0 Å². The number of nitrogens with one attached hydrogen (secondary N) is 2. The number of hydrogen-bond acceptors (Lipinski definition) is 4. The molecule has 2 N–H and O–H groups in total. The minimum atomic E-state index is -0.355. The van der Waals surface area contributed by atoms with E-state index in [4.69, 9.17) is 0 Å². The Morgan fingerprint density at radius 1 is 1.15 bits per heavy atom. The van der Waals surface area contributed by atoms with Gasteiger partial charge in [-0.15, -0.1) is 0 Å². The van der Waals surface area contributed by atoms with Gasteiger partial charge in [0.2, 0.25) is 0 Å². The van der Waals surface area contributed by atoms with E-state index in [0.29, 0.717) is 17.7 Å². The van der Waals surface area contributed by atoms with E-state index in [-0.39, 0.29) is 17.6 Å². The number of ketones is 1. The van der Waals surface area contributed by atoms with Crippen LogP contribution < -0.4 is 10.6 Å². The van der Waals surface area contributed by atoms with E-state index < -0.39 is 0 Å². The van der Waals surface area contributed by atoms with Crippen molar-refractivity contribution in [3.63, 3.8) is 0 Å². The average Bonchev–Trinajstić information content (AvgIpc) is 2.68. The first-order chi connectivity index (χ1) is 13.1. The molecule has 5 nitrogen and oxygen atoms in total. The van der Waals surface area contributed by atoms with E-state index in [0.717, 1.165) is 35.4 Å². The first kappa shape index (κ1) is 17.2. The van der Waals surface area contributed by atoms with Gasteiger partial charge in [-0.1, -0.05) is 30.3 Å². The predicted molar refractivity (Wildman–Crippen MR) is 104 cm³/mol. The van der Waals surface area contributed by atoms with Gasteiger partial charge in [-0.05, 0) is 37.5 Å². The molecule has 1 unspecified atom stereocenters. The zero-order chi connectivity index (χ0) is 18.8. The predicted octanol–water partition coefficient (Wildman–Crippen LogP) is 3.69. The summed E-state index contributed by atoms with van der Waals surface area (Å²) in [6, 6.07) is 13.4. The lowest BCUT2D eigenvalue weighted by Gasteiger charge is -2.34. The molecule has 136 valence electrons. The molecule has 0 radical (unpaired) electrons. The van der Waals surface area contributed by atoms with Crippen LogP contribution in [0.3, 0.4) is 0 Å². The van der Waals surface area contributed by atoms with Crippen LogP contribution in [-0.4, -0.2) is 16.7 Å². The van der Waals surface area contributed by atoms with Crippen molar-refractivity contribution in [2.75, 3.05) is 5.32 Å². The molecule has 0 spiro atoms. The number of dihydropyridines is 1. The summed E-state index contributed by atoms with van der Waals surface area (Å²) >= 11 is 0. The number of Topliss-reactive ketones (excluding diaryl/α,β-unsaturated/α-hetero) is 1. The van der Waals surface area contributed by atoms with Crippen molar-refractivity contribution in [1.82, 2.24) is 10.3 Å². The SMILES string of the molecule is CC1=C(C(=O)Nc2cccnc2)C(c2ccccc2)C2=C(CCCC2=O)N1. The van der Waals surface area contributed by atoms with Crippen LogP contribution in [0.4, 0.5) is 5.69 Å². The van der Waals surface area contributed by atoms with Crippen molar-refractivity contribution in [1.29, 1.82) is 0 Å². The fraction of sp³-hybridized carbons (Fsp3) is 0.227. The summed E-state index contributed by atoms with van der Waals surface area (Å²) in [5, 5.41) is 6.25. The fourth-order valence-electron chi connectivity index (χ4n) is 3.90. The summed E-state index contributed by atoms with van der Waals surface area (Å²) in [7, 11) is 0. The summed E-state index contributed by atoms with van der Waals surface area (Å²) in [6.07, 6.45) is 5.47. The van der Waals surface area contributed by atoms with Gasteiger partial charge in [0, 0.05) is 41.1 Å². The first-order valence-electron chi connectivity index (χ1n) is 9.15. The smallest absolute Gasteiger partial charge is 0.254 e. The third-order valence-corrected chi connectivity index (χ3v) is 5.07. The molecule has 2 heterocycles. The minimum absolute atomic E-state index is 0.122. The van der Waals surface area contributed by atoms with Crippen LogP contribution in [0, 0.1) is 0 Å². The number of nitrogens with zero attached hydrogens (tertiary/aromatic N) is 1. The molecule has 1 aromatic heterocycles. The highest BCUT2D eigenvalue weighted by atomic mass is 16.2. The molecule has 2 aromatic rings. The van der Waals surface area contributed by atoms with Crippen LogP contribution in [0.5, 0.6) is 0 Å². The second-order valence-corrected chi connectivity index (χ2v) is 6.87. The summed E-state index contributed by atoms with van der Waals surface area (Å²) in [4.78, 5) is 30.0. The van der Waals surface area contributed by atoms with Crippen LogP contribution in [0.1, 0.15) is 37.7 Å². The Morgan fingerprint density at radius 3 is 2.70 bits per heavy atom. The van der Waals surface area contributed by atoms with Crippen LogP contribution in [0.2, 0.25) is 0 Å². The van der Waals surface area contributed by atoms with Crippen molar-refractivity contribution < 1.29 is 9.59 Å². The number of carbonyl (C=O) groups is 2. The highest BCUT2D eigenvalue weighted by Gasteiger charge is 2.38. The second-order valence-electron chi connectivity index (χ2n) is 6.87. The number of carbonyl (C=O) groups excluding carboxylic acids is 2. The lowest BCUT2D eigenvalue weighted by atomic mass is 9.75. The number of amides is 1. The highest BCUT2D eigenvalue weighted by molar-refractivity contribution is 6.09. The maximum absolute atomic E-state index is 13.2. The van der Waals surface area contributed by atoms with Gasteiger partial charge in [0.15, 0.2) is 5.78 Å². The largest absolute Gasteiger partial charge is 0.362 e. The quantitative estimate of drug-likeness (QED) is 0.877. The highest BCUT2D eigenvalue weighted by Crippen LogP contribution is 2.42. The molecule has 4 rings (SSSR count). The number of benzene rings is 1. The van der Waals surface area contributed by atoms with Crippen LogP contribution >= 0.6 is 0 Å². The van der Waals surface area contributed by atoms with Gasteiger partial charge in [-0.3, -0.25) is 14.6 Å². The Kier molecular flexibility index (Phi) is 4.59. The molecule has 1 amide bonds. The maximum atomic E-state index is 13.2. The average molecular weight is 359 g/mol. The Hall–Kier alpha value is -3.21. The van der Waals surface area contributed by atoms with Gasteiger partial charge in [0.05, 0.1) is 11.9 Å². The first-order valence-corrected chi connectivity index (χ1v) is 9.15. The van der Waals surface area contributed by atoms with Crippen molar-refractivity contribution in [3.05, 3.63) is 83.0 Å². The number of rotatable bonds is 3. The second kappa shape index (κ2) is 7.19. The summed E-state index contributed by atoms with van der Waals surface area (Å²) in [6.45, 7) is 1.90. The lowest BCUT2D eigenvalue weighted by Crippen LogP contribution is -2.35. The third-order valence-electron chi connectivity index (χ3n) is 5.07. The molecule has 1 aliphatic heterocycles. The van der Waals surface area contributed by atoms with Crippen LogP contribution in [-0.2, 0) is 9.59 Å². The Bertz CT molecular complexity index is 946. The van der Waals surface area contributed by atoms with E-state index in [1.165, 1.54) is 0 Å². The molecular formula is C22H21N3O2.